The smallest absolute Gasteiger partial charge is 0.161 e. The van der Waals surface area contributed by atoms with Gasteiger partial charge in [0, 0.05) is 5.56 Å². The average molecular weight is 337 g/mol. The van der Waals surface area contributed by atoms with E-state index in [0.29, 0.717) is 17.9 Å². The molecule has 0 amide bonds. The molecule has 0 spiro atoms. The molecule has 25 heavy (non-hydrogen) atoms. The van der Waals surface area contributed by atoms with Crippen molar-refractivity contribution in [2.24, 2.45) is 0 Å². The summed E-state index contributed by atoms with van der Waals surface area (Å²) in [5, 5.41) is 27.6. The van der Waals surface area contributed by atoms with Gasteiger partial charge in [-0.1, -0.05) is 35.6 Å². The van der Waals surface area contributed by atoms with E-state index in [9.17, 15) is 10.2 Å². The van der Waals surface area contributed by atoms with E-state index >= 15 is 0 Å². The fourth-order valence-corrected chi connectivity index (χ4v) is 2.48. The van der Waals surface area contributed by atoms with Gasteiger partial charge in [0.15, 0.2) is 11.5 Å². The van der Waals surface area contributed by atoms with Crippen LogP contribution in [-0.2, 0) is 19.6 Å². The number of aliphatic hydroxyl groups is 1. The number of hydrogen-bond donors (Lipinski definition) is 2. The minimum absolute atomic E-state index is 0.0766. The summed E-state index contributed by atoms with van der Waals surface area (Å²) in [4.78, 5) is 0. The van der Waals surface area contributed by atoms with Gasteiger partial charge in [-0.15, -0.1) is 11.7 Å². The summed E-state index contributed by atoms with van der Waals surface area (Å²) in [5.41, 5.74) is 3.10. The van der Waals surface area contributed by atoms with Crippen molar-refractivity contribution in [3.8, 4) is 17.2 Å². The molecule has 0 fully saturated rings. The lowest BCUT2D eigenvalue weighted by Crippen LogP contribution is -2.00. The van der Waals surface area contributed by atoms with Gasteiger partial charge in [-0.2, -0.15) is 0 Å². The second kappa shape index (κ2) is 7.63. The van der Waals surface area contributed by atoms with E-state index in [1.54, 1.807) is 29.1 Å². The van der Waals surface area contributed by atoms with Gasteiger partial charge in [-0.3, -0.25) is 0 Å². The van der Waals surface area contributed by atoms with Crippen LogP contribution in [0.3, 0.4) is 0 Å². The van der Waals surface area contributed by atoms with Crippen LogP contribution in [0.5, 0.6) is 11.5 Å². The zero-order chi connectivity index (χ0) is 17.6. The van der Waals surface area contributed by atoms with Gasteiger partial charge in [-0.05, 0) is 30.2 Å². The Labute approximate surface area is 145 Å². The number of hydrogen-bond acceptors (Lipinski definition) is 5. The van der Waals surface area contributed by atoms with E-state index in [0.717, 1.165) is 16.8 Å². The van der Waals surface area contributed by atoms with Gasteiger partial charge in [0.2, 0.25) is 0 Å². The number of aliphatic hydroxyl groups excluding tert-OH is 1. The first-order valence-electron chi connectivity index (χ1n) is 7.87. The van der Waals surface area contributed by atoms with Gasteiger partial charge < -0.3 is 14.9 Å². The summed E-state index contributed by atoms with van der Waals surface area (Å²) in [7, 11) is 0. The topological polar surface area (TPSA) is 80.4 Å². The molecule has 0 saturated heterocycles. The number of allylic oxidation sites excluding steroid dienone is 1. The maximum atomic E-state index is 10.0. The maximum Gasteiger partial charge on any atom is 0.161 e. The maximum absolute atomic E-state index is 10.0. The van der Waals surface area contributed by atoms with Crippen LogP contribution in [0.4, 0.5) is 0 Å². The normalized spacial score (nSPS) is 10.6. The molecule has 0 bridgehead atoms. The van der Waals surface area contributed by atoms with Crippen molar-refractivity contribution in [2.75, 3.05) is 0 Å². The van der Waals surface area contributed by atoms with Crippen LogP contribution in [0.2, 0.25) is 0 Å². The molecule has 0 atom stereocenters. The van der Waals surface area contributed by atoms with Crippen LogP contribution >= 0.6 is 0 Å². The molecule has 0 unspecified atom stereocenters. The second-order valence-electron chi connectivity index (χ2n) is 5.52. The summed E-state index contributed by atoms with van der Waals surface area (Å²) >= 11 is 0. The highest BCUT2D eigenvalue weighted by Gasteiger charge is 2.09. The molecule has 0 saturated carbocycles. The number of nitrogens with zero attached hydrogens (tertiary/aromatic N) is 3. The van der Waals surface area contributed by atoms with Crippen molar-refractivity contribution in [2.45, 2.75) is 19.6 Å². The predicted octanol–water partition coefficient (Wildman–Crippen LogP) is 2.77. The monoisotopic (exact) mass is 337 g/mol. The van der Waals surface area contributed by atoms with Crippen molar-refractivity contribution < 1.29 is 14.9 Å². The van der Waals surface area contributed by atoms with Gasteiger partial charge in [-0.25, -0.2) is 4.68 Å². The van der Waals surface area contributed by atoms with Crippen molar-refractivity contribution in [3.05, 3.63) is 78.1 Å². The van der Waals surface area contributed by atoms with E-state index in [-0.39, 0.29) is 19.0 Å². The highest BCUT2D eigenvalue weighted by Crippen LogP contribution is 2.27. The molecular weight excluding hydrogens is 318 g/mol. The number of benzene rings is 2. The second-order valence-corrected chi connectivity index (χ2v) is 5.52. The standard InChI is InChI=1S/C19H19N3O3/c1-2-5-14-8-9-19(18(24)10-14)25-13-16-11-22(21-20-16)17-7-4-3-6-15(17)12-23/h2-4,6-11,23-24H,1,5,12-13H2. The summed E-state index contributed by atoms with van der Waals surface area (Å²) in [6.07, 6.45) is 4.20. The number of phenolic OH excluding ortho intramolecular Hbond substituents is 1. The van der Waals surface area contributed by atoms with Crippen LogP contribution in [0.25, 0.3) is 5.69 Å². The lowest BCUT2D eigenvalue weighted by Gasteiger charge is -2.08. The molecule has 0 aliphatic carbocycles. The number of para-hydroxylation sites is 1. The molecule has 0 aliphatic heterocycles. The fourth-order valence-electron chi connectivity index (χ4n) is 2.48. The summed E-state index contributed by atoms with van der Waals surface area (Å²) in [6.45, 7) is 3.78. The molecule has 2 N–H and O–H groups in total. The Morgan fingerprint density at radius 3 is 2.80 bits per heavy atom. The summed E-state index contributed by atoms with van der Waals surface area (Å²) in [5.74, 6) is 0.468. The molecule has 0 radical (unpaired) electrons. The van der Waals surface area contributed by atoms with Crippen molar-refractivity contribution in [3.63, 3.8) is 0 Å². The predicted molar refractivity (Wildman–Crippen MR) is 93.6 cm³/mol. The van der Waals surface area contributed by atoms with Gasteiger partial charge in [0.25, 0.3) is 0 Å². The molecule has 6 heteroatoms. The first-order valence-corrected chi connectivity index (χ1v) is 7.87. The molecule has 3 rings (SSSR count). The molecule has 1 aromatic heterocycles. The summed E-state index contributed by atoms with van der Waals surface area (Å²) in [6, 6.07) is 12.7. The Balaban J connectivity index is 1.71. The van der Waals surface area contributed by atoms with Crippen molar-refractivity contribution >= 4 is 0 Å². The van der Waals surface area contributed by atoms with E-state index in [1.807, 2.05) is 30.3 Å². The average Bonchev–Trinajstić information content (AvgIpc) is 3.10. The Morgan fingerprint density at radius 1 is 1.20 bits per heavy atom. The number of aromatic nitrogens is 3. The third kappa shape index (κ3) is 3.87. The van der Waals surface area contributed by atoms with Crippen molar-refractivity contribution in [1.82, 2.24) is 15.0 Å². The highest BCUT2D eigenvalue weighted by atomic mass is 16.5. The minimum atomic E-state index is -0.0766. The lowest BCUT2D eigenvalue weighted by molar-refractivity contribution is 0.281. The van der Waals surface area contributed by atoms with Crippen LogP contribution in [0.1, 0.15) is 16.8 Å². The summed E-state index contributed by atoms with van der Waals surface area (Å²) < 4.78 is 7.22. The SMILES string of the molecule is C=CCc1ccc(OCc2cn(-c3ccccc3CO)nn2)c(O)c1. The van der Waals surface area contributed by atoms with Crippen LogP contribution in [0.15, 0.2) is 61.3 Å². The molecule has 0 aliphatic rings. The van der Waals surface area contributed by atoms with Crippen LogP contribution < -0.4 is 4.74 Å². The minimum Gasteiger partial charge on any atom is -0.504 e. The van der Waals surface area contributed by atoms with Gasteiger partial charge in [0.1, 0.15) is 12.3 Å². The largest absolute Gasteiger partial charge is 0.504 e. The third-order valence-corrected chi connectivity index (χ3v) is 3.73. The number of phenols is 1. The van der Waals surface area contributed by atoms with E-state index in [1.165, 1.54) is 0 Å². The van der Waals surface area contributed by atoms with E-state index in [4.69, 9.17) is 4.74 Å². The third-order valence-electron chi connectivity index (χ3n) is 3.73. The fraction of sp³-hybridized carbons (Fsp3) is 0.158. The molecule has 128 valence electrons. The van der Waals surface area contributed by atoms with Gasteiger partial charge in [0.05, 0.1) is 18.5 Å². The first-order chi connectivity index (χ1) is 12.2. The van der Waals surface area contributed by atoms with E-state index in [2.05, 4.69) is 16.9 Å². The van der Waals surface area contributed by atoms with Crippen LogP contribution in [0, 0.1) is 0 Å². The molecule has 6 nitrogen and oxygen atoms in total. The Hall–Kier alpha value is -3.12. The molecule has 2 aromatic carbocycles. The zero-order valence-corrected chi connectivity index (χ0v) is 13.7. The lowest BCUT2D eigenvalue weighted by atomic mass is 10.1. The van der Waals surface area contributed by atoms with E-state index < -0.39 is 0 Å². The number of aromatic hydroxyl groups is 1. The van der Waals surface area contributed by atoms with Crippen LogP contribution in [-0.4, -0.2) is 25.2 Å². The highest BCUT2D eigenvalue weighted by molar-refractivity contribution is 5.42. The zero-order valence-electron chi connectivity index (χ0n) is 13.7. The quantitative estimate of drug-likeness (QED) is 0.648. The Bertz CT molecular complexity index is 874. The number of rotatable bonds is 7. The molecule has 3 aromatic rings. The molecule has 1 heterocycles. The van der Waals surface area contributed by atoms with Gasteiger partial charge >= 0.3 is 0 Å². The number of ether oxygens (including phenoxy) is 1. The Morgan fingerprint density at radius 2 is 2.04 bits per heavy atom. The first kappa shape index (κ1) is 16.7. The molecular formula is C19H19N3O3. The van der Waals surface area contributed by atoms with Crippen molar-refractivity contribution in [1.29, 1.82) is 0 Å². The Kier molecular flexibility index (Phi) is 5.11.